The number of aryl methyl sites for hydroxylation is 1. The van der Waals surface area contributed by atoms with E-state index in [4.69, 9.17) is 14.7 Å². The summed E-state index contributed by atoms with van der Waals surface area (Å²) in [5.41, 5.74) is 3.48. The van der Waals surface area contributed by atoms with E-state index < -0.39 is 0 Å². The van der Waals surface area contributed by atoms with Crippen LogP contribution in [0.1, 0.15) is 43.9 Å². The third-order valence-corrected chi connectivity index (χ3v) is 4.45. The van der Waals surface area contributed by atoms with E-state index in [-0.39, 0.29) is 17.7 Å². The fraction of sp³-hybridized carbons (Fsp3) is 0.417. The van der Waals surface area contributed by atoms with Gasteiger partial charge in [-0.05, 0) is 53.6 Å². The number of nitrogens with one attached hydrogen (secondary N) is 1. The SMILES string of the molecule is Cc1ccc(C(C)(C)C)c(OCCOc2ccc(CCNC(=O)CC#N)cc2)c1. The molecule has 0 aromatic heterocycles. The molecule has 0 spiro atoms. The van der Waals surface area contributed by atoms with Crippen molar-refractivity contribution in [2.75, 3.05) is 19.8 Å². The molecule has 2 aromatic rings. The van der Waals surface area contributed by atoms with Gasteiger partial charge in [-0.1, -0.05) is 45.0 Å². The Kier molecular flexibility index (Phi) is 8.09. The van der Waals surface area contributed by atoms with Crippen LogP contribution < -0.4 is 14.8 Å². The van der Waals surface area contributed by atoms with Gasteiger partial charge >= 0.3 is 0 Å². The zero-order valence-electron chi connectivity index (χ0n) is 17.7. The van der Waals surface area contributed by atoms with Crippen LogP contribution in [0, 0.1) is 18.3 Å². The molecule has 0 aliphatic carbocycles. The van der Waals surface area contributed by atoms with Gasteiger partial charge in [0.05, 0.1) is 6.07 Å². The first-order valence-electron chi connectivity index (χ1n) is 9.89. The van der Waals surface area contributed by atoms with Crippen LogP contribution in [0.4, 0.5) is 0 Å². The molecule has 0 radical (unpaired) electrons. The molecular weight excluding hydrogens is 364 g/mol. The summed E-state index contributed by atoms with van der Waals surface area (Å²) < 4.78 is 11.8. The summed E-state index contributed by atoms with van der Waals surface area (Å²) in [4.78, 5) is 11.3. The van der Waals surface area contributed by atoms with Gasteiger partial charge in [-0.3, -0.25) is 4.79 Å². The maximum absolute atomic E-state index is 11.3. The summed E-state index contributed by atoms with van der Waals surface area (Å²) in [6.07, 6.45) is 0.609. The summed E-state index contributed by atoms with van der Waals surface area (Å²) in [6.45, 7) is 10.0. The number of ether oxygens (including phenoxy) is 2. The van der Waals surface area contributed by atoms with E-state index in [2.05, 4.69) is 51.2 Å². The Morgan fingerprint density at radius 2 is 1.76 bits per heavy atom. The molecule has 0 atom stereocenters. The maximum atomic E-state index is 11.3. The molecule has 5 nitrogen and oxygen atoms in total. The van der Waals surface area contributed by atoms with Crippen molar-refractivity contribution in [3.05, 3.63) is 59.2 Å². The number of carbonyl (C=O) groups excluding carboxylic acids is 1. The summed E-state index contributed by atoms with van der Waals surface area (Å²) >= 11 is 0. The second-order valence-electron chi connectivity index (χ2n) is 8.03. The Labute approximate surface area is 173 Å². The Morgan fingerprint density at radius 3 is 2.41 bits per heavy atom. The number of carbonyl (C=O) groups is 1. The molecule has 5 heteroatoms. The molecule has 0 fully saturated rings. The lowest BCUT2D eigenvalue weighted by molar-refractivity contribution is -0.120. The summed E-state index contributed by atoms with van der Waals surface area (Å²) in [5.74, 6) is 1.46. The quantitative estimate of drug-likeness (QED) is 0.643. The van der Waals surface area contributed by atoms with Gasteiger partial charge in [0.25, 0.3) is 0 Å². The first-order valence-corrected chi connectivity index (χ1v) is 9.89. The third-order valence-electron chi connectivity index (χ3n) is 4.45. The number of rotatable bonds is 9. The van der Waals surface area contributed by atoms with Gasteiger partial charge in [0, 0.05) is 6.54 Å². The van der Waals surface area contributed by atoms with Gasteiger partial charge in [-0.2, -0.15) is 5.26 Å². The standard InChI is InChI=1S/C24H30N2O3/c1-18-5-10-21(24(2,3)4)22(17-18)29-16-15-28-20-8-6-19(7-9-20)12-14-26-23(27)11-13-25/h5-10,17H,11-12,14-16H2,1-4H3,(H,26,27). The molecular formula is C24H30N2O3. The second kappa shape index (κ2) is 10.5. The topological polar surface area (TPSA) is 71.3 Å². The predicted molar refractivity (Wildman–Crippen MR) is 114 cm³/mol. The van der Waals surface area contributed by atoms with Crippen molar-refractivity contribution in [1.82, 2.24) is 5.32 Å². The van der Waals surface area contributed by atoms with Crippen molar-refractivity contribution < 1.29 is 14.3 Å². The summed E-state index contributed by atoms with van der Waals surface area (Å²) in [5, 5.41) is 11.2. The van der Waals surface area contributed by atoms with Crippen LogP contribution in [0.5, 0.6) is 11.5 Å². The summed E-state index contributed by atoms with van der Waals surface area (Å²) in [6, 6.07) is 15.9. The lowest BCUT2D eigenvalue weighted by Gasteiger charge is -2.23. The fourth-order valence-corrected chi connectivity index (χ4v) is 2.91. The van der Waals surface area contributed by atoms with Crippen LogP contribution in [0.3, 0.4) is 0 Å². The Hall–Kier alpha value is -3.00. The molecule has 0 aliphatic heterocycles. The lowest BCUT2D eigenvalue weighted by Crippen LogP contribution is -2.24. The van der Waals surface area contributed by atoms with E-state index in [1.165, 1.54) is 11.1 Å². The van der Waals surface area contributed by atoms with Crippen molar-refractivity contribution >= 4 is 5.91 Å². The van der Waals surface area contributed by atoms with Gasteiger partial charge in [0.1, 0.15) is 31.1 Å². The molecule has 0 heterocycles. The van der Waals surface area contributed by atoms with E-state index in [1.807, 2.05) is 30.3 Å². The van der Waals surface area contributed by atoms with Gasteiger partial charge in [-0.25, -0.2) is 0 Å². The second-order valence-corrected chi connectivity index (χ2v) is 8.03. The highest BCUT2D eigenvalue weighted by Crippen LogP contribution is 2.32. The van der Waals surface area contributed by atoms with Crippen molar-refractivity contribution in [1.29, 1.82) is 5.26 Å². The molecule has 2 rings (SSSR count). The first-order chi connectivity index (χ1) is 13.8. The van der Waals surface area contributed by atoms with Gasteiger partial charge in [0.2, 0.25) is 5.91 Å². The van der Waals surface area contributed by atoms with Crippen molar-refractivity contribution in [3.8, 4) is 17.6 Å². The van der Waals surface area contributed by atoms with Gasteiger partial charge in [-0.15, -0.1) is 0 Å². The highest BCUT2D eigenvalue weighted by Gasteiger charge is 2.18. The average Bonchev–Trinajstić information content (AvgIpc) is 2.66. The molecule has 0 unspecified atom stereocenters. The molecule has 2 aromatic carbocycles. The average molecular weight is 395 g/mol. The first kappa shape index (κ1) is 22.3. The van der Waals surface area contributed by atoms with Crippen molar-refractivity contribution in [2.45, 2.75) is 46.0 Å². The van der Waals surface area contributed by atoms with Crippen LogP contribution in [0.2, 0.25) is 0 Å². The minimum Gasteiger partial charge on any atom is -0.490 e. The third kappa shape index (κ3) is 7.50. The number of hydrogen-bond acceptors (Lipinski definition) is 4. The largest absolute Gasteiger partial charge is 0.490 e. The van der Waals surface area contributed by atoms with Gasteiger partial charge in [0.15, 0.2) is 0 Å². The normalized spacial score (nSPS) is 10.9. The Bertz CT molecular complexity index is 846. The number of amides is 1. The van der Waals surface area contributed by atoms with Crippen LogP contribution in [0.25, 0.3) is 0 Å². The molecule has 0 aliphatic rings. The molecule has 154 valence electrons. The zero-order valence-corrected chi connectivity index (χ0v) is 17.7. The number of benzene rings is 2. The zero-order chi connectivity index (χ0) is 21.3. The minimum absolute atomic E-state index is 0.0216. The predicted octanol–water partition coefficient (Wildman–Crippen LogP) is 4.32. The van der Waals surface area contributed by atoms with E-state index >= 15 is 0 Å². The van der Waals surface area contributed by atoms with Crippen molar-refractivity contribution in [2.24, 2.45) is 0 Å². The van der Waals surface area contributed by atoms with Gasteiger partial charge < -0.3 is 14.8 Å². The van der Waals surface area contributed by atoms with Crippen molar-refractivity contribution in [3.63, 3.8) is 0 Å². The highest BCUT2D eigenvalue weighted by atomic mass is 16.5. The van der Waals surface area contributed by atoms with E-state index in [1.54, 1.807) is 0 Å². The fourth-order valence-electron chi connectivity index (χ4n) is 2.91. The maximum Gasteiger partial charge on any atom is 0.234 e. The number of nitriles is 1. The molecule has 0 saturated carbocycles. The minimum atomic E-state index is -0.240. The Balaban J connectivity index is 1.78. The van der Waals surface area contributed by atoms with Crippen LogP contribution in [0.15, 0.2) is 42.5 Å². The summed E-state index contributed by atoms with van der Waals surface area (Å²) in [7, 11) is 0. The number of hydrogen-bond donors (Lipinski definition) is 1. The molecule has 1 N–H and O–H groups in total. The highest BCUT2D eigenvalue weighted by molar-refractivity contribution is 5.77. The van der Waals surface area contributed by atoms with E-state index in [9.17, 15) is 4.79 Å². The van der Waals surface area contributed by atoms with E-state index in [0.717, 1.165) is 17.1 Å². The Morgan fingerprint density at radius 1 is 1.07 bits per heavy atom. The van der Waals surface area contributed by atoms with E-state index in [0.29, 0.717) is 26.2 Å². The molecule has 0 saturated heterocycles. The van der Waals surface area contributed by atoms with Crippen LogP contribution in [-0.4, -0.2) is 25.7 Å². The van der Waals surface area contributed by atoms with Crippen LogP contribution in [-0.2, 0) is 16.6 Å². The lowest BCUT2D eigenvalue weighted by atomic mass is 9.86. The molecule has 0 bridgehead atoms. The molecule has 1 amide bonds. The number of nitrogens with zero attached hydrogens (tertiary/aromatic N) is 1. The van der Waals surface area contributed by atoms with Crippen LogP contribution >= 0.6 is 0 Å². The monoisotopic (exact) mass is 394 g/mol. The smallest absolute Gasteiger partial charge is 0.234 e. The molecule has 29 heavy (non-hydrogen) atoms.